The van der Waals surface area contributed by atoms with E-state index in [1.165, 1.54) is 0 Å². The molecule has 1 amide bonds. The fraction of sp³-hybridized carbons (Fsp3) is 0.538. The zero-order chi connectivity index (χ0) is 13.9. The van der Waals surface area contributed by atoms with Crippen LogP contribution in [0.2, 0.25) is 0 Å². The lowest BCUT2D eigenvalue weighted by molar-refractivity contribution is -0.124. The van der Waals surface area contributed by atoms with Gasteiger partial charge in [-0.15, -0.1) is 0 Å². The summed E-state index contributed by atoms with van der Waals surface area (Å²) >= 11 is 0. The monoisotopic (exact) mass is 264 g/mol. The second kappa shape index (κ2) is 5.54. The highest BCUT2D eigenvalue weighted by atomic mass is 16.5. The van der Waals surface area contributed by atoms with Crippen LogP contribution in [-0.4, -0.2) is 43.7 Å². The Morgan fingerprint density at radius 3 is 2.79 bits per heavy atom. The third kappa shape index (κ3) is 3.02. The predicted molar refractivity (Wildman–Crippen MR) is 74.2 cm³/mol. The standard InChI is InChI=1S/C13H20N4O2/c1-17(2)11-10(4-3-7-15-11)16-12(18)13(14)5-8-19-9-6-13/h3-4,7H,5-6,8-9,14H2,1-2H3,(H,16,18). The number of amides is 1. The number of aromatic nitrogens is 1. The van der Waals surface area contributed by atoms with Gasteiger partial charge in [0.15, 0.2) is 5.82 Å². The maximum Gasteiger partial charge on any atom is 0.244 e. The summed E-state index contributed by atoms with van der Waals surface area (Å²) in [5, 5.41) is 2.88. The minimum Gasteiger partial charge on any atom is -0.381 e. The van der Waals surface area contributed by atoms with Gasteiger partial charge in [0.1, 0.15) is 5.54 Å². The summed E-state index contributed by atoms with van der Waals surface area (Å²) in [6.45, 7) is 1.05. The van der Waals surface area contributed by atoms with Gasteiger partial charge >= 0.3 is 0 Å². The molecule has 1 aliphatic rings. The number of nitrogens with one attached hydrogen (secondary N) is 1. The molecule has 0 aromatic carbocycles. The van der Waals surface area contributed by atoms with Crippen LogP contribution in [0.5, 0.6) is 0 Å². The number of carbonyl (C=O) groups excluding carboxylic acids is 1. The smallest absolute Gasteiger partial charge is 0.244 e. The minimum absolute atomic E-state index is 0.174. The molecule has 19 heavy (non-hydrogen) atoms. The van der Waals surface area contributed by atoms with Crippen LogP contribution in [0.25, 0.3) is 0 Å². The molecule has 0 aliphatic carbocycles. The minimum atomic E-state index is -0.850. The molecule has 2 rings (SSSR count). The maximum atomic E-state index is 12.3. The summed E-state index contributed by atoms with van der Waals surface area (Å²) in [7, 11) is 3.76. The number of rotatable bonds is 3. The van der Waals surface area contributed by atoms with Crippen LogP contribution in [0, 0.1) is 0 Å². The summed E-state index contributed by atoms with van der Waals surface area (Å²) in [6.07, 6.45) is 2.77. The van der Waals surface area contributed by atoms with Gasteiger partial charge in [0, 0.05) is 33.5 Å². The molecule has 0 radical (unpaired) electrons. The highest BCUT2D eigenvalue weighted by Crippen LogP contribution is 2.24. The number of carbonyl (C=O) groups is 1. The van der Waals surface area contributed by atoms with E-state index in [-0.39, 0.29) is 5.91 Å². The summed E-state index contributed by atoms with van der Waals surface area (Å²) < 4.78 is 5.25. The lowest BCUT2D eigenvalue weighted by Crippen LogP contribution is -2.54. The Balaban J connectivity index is 2.14. The van der Waals surface area contributed by atoms with E-state index >= 15 is 0 Å². The molecule has 1 aromatic rings. The van der Waals surface area contributed by atoms with E-state index in [0.717, 1.165) is 0 Å². The first-order valence-corrected chi connectivity index (χ1v) is 6.33. The highest BCUT2D eigenvalue weighted by molar-refractivity contribution is 5.99. The Morgan fingerprint density at radius 2 is 2.16 bits per heavy atom. The van der Waals surface area contributed by atoms with Crippen molar-refractivity contribution in [3.05, 3.63) is 18.3 Å². The molecule has 6 heteroatoms. The average Bonchev–Trinajstić information content (AvgIpc) is 2.40. The number of nitrogens with two attached hydrogens (primary N) is 1. The fourth-order valence-electron chi connectivity index (χ4n) is 2.06. The zero-order valence-electron chi connectivity index (χ0n) is 11.3. The molecular formula is C13H20N4O2. The Bertz CT molecular complexity index is 456. The Morgan fingerprint density at radius 1 is 1.47 bits per heavy atom. The summed E-state index contributed by atoms with van der Waals surface area (Å²) in [5.41, 5.74) is 5.98. The number of anilines is 2. The third-order valence-corrected chi connectivity index (χ3v) is 3.30. The Hall–Kier alpha value is -1.66. The molecule has 0 bridgehead atoms. The quantitative estimate of drug-likeness (QED) is 0.835. The molecule has 1 fully saturated rings. The Labute approximate surface area is 112 Å². The van der Waals surface area contributed by atoms with Gasteiger partial charge in [-0.25, -0.2) is 4.98 Å². The summed E-state index contributed by atoms with van der Waals surface area (Å²) in [4.78, 5) is 18.4. The topological polar surface area (TPSA) is 80.5 Å². The van der Waals surface area contributed by atoms with E-state index in [0.29, 0.717) is 37.6 Å². The van der Waals surface area contributed by atoms with Gasteiger partial charge in [-0.2, -0.15) is 0 Å². The first kappa shape index (κ1) is 13.8. The van der Waals surface area contributed by atoms with Crippen molar-refractivity contribution in [2.45, 2.75) is 18.4 Å². The molecule has 0 spiro atoms. The van der Waals surface area contributed by atoms with E-state index in [4.69, 9.17) is 10.5 Å². The van der Waals surface area contributed by atoms with Crippen molar-refractivity contribution in [1.82, 2.24) is 4.98 Å². The van der Waals surface area contributed by atoms with Gasteiger partial charge in [-0.3, -0.25) is 4.79 Å². The zero-order valence-corrected chi connectivity index (χ0v) is 11.3. The van der Waals surface area contributed by atoms with Crippen molar-refractivity contribution < 1.29 is 9.53 Å². The van der Waals surface area contributed by atoms with Crippen molar-refractivity contribution in [3.63, 3.8) is 0 Å². The number of ether oxygens (including phenoxy) is 1. The van der Waals surface area contributed by atoms with Crippen LogP contribution in [0.15, 0.2) is 18.3 Å². The van der Waals surface area contributed by atoms with E-state index in [1.54, 1.807) is 12.3 Å². The molecule has 2 heterocycles. The van der Waals surface area contributed by atoms with Crippen molar-refractivity contribution in [3.8, 4) is 0 Å². The van der Waals surface area contributed by atoms with Gasteiger partial charge in [0.2, 0.25) is 5.91 Å². The molecular weight excluding hydrogens is 244 g/mol. The highest BCUT2D eigenvalue weighted by Gasteiger charge is 2.36. The first-order valence-electron chi connectivity index (χ1n) is 6.33. The number of hydrogen-bond acceptors (Lipinski definition) is 5. The number of hydrogen-bond donors (Lipinski definition) is 2. The van der Waals surface area contributed by atoms with Gasteiger partial charge in [-0.05, 0) is 25.0 Å². The van der Waals surface area contributed by atoms with Crippen LogP contribution in [0.3, 0.4) is 0 Å². The van der Waals surface area contributed by atoms with Crippen LogP contribution in [-0.2, 0) is 9.53 Å². The van der Waals surface area contributed by atoms with Gasteiger partial charge in [0.25, 0.3) is 0 Å². The molecule has 104 valence electrons. The van der Waals surface area contributed by atoms with Crippen molar-refractivity contribution in [1.29, 1.82) is 0 Å². The van der Waals surface area contributed by atoms with Gasteiger partial charge in [0.05, 0.1) is 5.69 Å². The van der Waals surface area contributed by atoms with Crippen molar-refractivity contribution >= 4 is 17.4 Å². The van der Waals surface area contributed by atoms with Gasteiger partial charge in [-0.1, -0.05) is 0 Å². The number of nitrogens with zero attached hydrogens (tertiary/aromatic N) is 2. The van der Waals surface area contributed by atoms with Crippen LogP contribution in [0.1, 0.15) is 12.8 Å². The third-order valence-electron chi connectivity index (χ3n) is 3.30. The predicted octanol–water partition coefficient (Wildman–Crippen LogP) is 0.594. The van der Waals surface area contributed by atoms with Crippen molar-refractivity contribution in [2.24, 2.45) is 5.73 Å². The first-order chi connectivity index (χ1) is 9.03. The lowest BCUT2D eigenvalue weighted by Gasteiger charge is -2.32. The SMILES string of the molecule is CN(C)c1ncccc1NC(=O)C1(N)CCOCC1. The van der Waals surface area contributed by atoms with Crippen LogP contribution >= 0.6 is 0 Å². The summed E-state index contributed by atoms with van der Waals surface area (Å²) in [5.74, 6) is 0.540. The second-order valence-corrected chi connectivity index (χ2v) is 4.99. The van der Waals surface area contributed by atoms with Crippen molar-refractivity contribution in [2.75, 3.05) is 37.5 Å². The summed E-state index contributed by atoms with van der Waals surface area (Å²) in [6, 6.07) is 3.61. The molecule has 1 saturated heterocycles. The average molecular weight is 264 g/mol. The van der Waals surface area contributed by atoms with E-state index < -0.39 is 5.54 Å². The lowest BCUT2D eigenvalue weighted by atomic mass is 9.90. The molecule has 1 aromatic heterocycles. The maximum absolute atomic E-state index is 12.3. The molecule has 6 nitrogen and oxygen atoms in total. The molecule has 1 aliphatic heterocycles. The Kier molecular flexibility index (Phi) is 4.01. The van der Waals surface area contributed by atoms with Crippen LogP contribution < -0.4 is 16.0 Å². The van der Waals surface area contributed by atoms with Crippen LogP contribution in [0.4, 0.5) is 11.5 Å². The molecule has 3 N–H and O–H groups in total. The molecule has 0 unspecified atom stereocenters. The largest absolute Gasteiger partial charge is 0.381 e. The number of pyridine rings is 1. The van der Waals surface area contributed by atoms with E-state index in [1.807, 2.05) is 25.1 Å². The van der Waals surface area contributed by atoms with E-state index in [9.17, 15) is 4.79 Å². The fourth-order valence-corrected chi connectivity index (χ4v) is 2.06. The second-order valence-electron chi connectivity index (χ2n) is 4.99. The molecule has 0 atom stereocenters. The normalized spacial score (nSPS) is 17.8. The van der Waals surface area contributed by atoms with Gasteiger partial charge < -0.3 is 20.7 Å². The van der Waals surface area contributed by atoms with E-state index in [2.05, 4.69) is 10.3 Å². The molecule has 0 saturated carbocycles.